The molecule has 88 valence electrons. The molecule has 16 heavy (non-hydrogen) atoms. The van der Waals surface area contributed by atoms with Crippen LogP contribution in [0.3, 0.4) is 0 Å². The van der Waals surface area contributed by atoms with E-state index in [1.165, 1.54) is 37.7 Å². The predicted octanol–water partition coefficient (Wildman–Crippen LogP) is 3.29. The van der Waals surface area contributed by atoms with Crippen LogP contribution in [0.15, 0.2) is 22.9 Å². The Bertz CT molecular complexity index is 340. The van der Waals surface area contributed by atoms with Gasteiger partial charge in [-0.05, 0) is 52.7 Å². The maximum absolute atomic E-state index is 6.08. The number of pyridine rings is 1. The third-order valence-corrected chi connectivity index (χ3v) is 3.79. The molecule has 2 atom stereocenters. The summed E-state index contributed by atoms with van der Waals surface area (Å²) in [5.74, 6) is 0.744. The van der Waals surface area contributed by atoms with Gasteiger partial charge in [0.15, 0.2) is 0 Å². The molecule has 0 radical (unpaired) electrons. The van der Waals surface area contributed by atoms with Gasteiger partial charge < -0.3 is 5.73 Å². The topological polar surface area (TPSA) is 38.9 Å². The molecular formula is C13H19BrN2. The Hall–Kier alpha value is -0.410. The molecule has 3 heteroatoms. The summed E-state index contributed by atoms with van der Waals surface area (Å²) in [7, 11) is 0. The Labute approximate surface area is 106 Å². The van der Waals surface area contributed by atoms with Gasteiger partial charge in [0.2, 0.25) is 0 Å². The Balaban J connectivity index is 1.97. The second-order valence-electron chi connectivity index (χ2n) is 4.86. The first-order valence-electron chi connectivity index (χ1n) is 6.09. The van der Waals surface area contributed by atoms with Crippen molar-refractivity contribution in [3.8, 4) is 0 Å². The number of aromatic nitrogens is 1. The molecule has 1 fully saturated rings. The van der Waals surface area contributed by atoms with Crippen molar-refractivity contribution >= 4 is 15.9 Å². The fourth-order valence-corrected chi connectivity index (χ4v) is 3.00. The lowest BCUT2D eigenvalue weighted by Gasteiger charge is -2.16. The molecule has 2 rings (SSSR count). The molecule has 1 aromatic rings. The van der Waals surface area contributed by atoms with E-state index in [-0.39, 0.29) is 0 Å². The summed E-state index contributed by atoms with van der Waals surface area (Å²) in [6.45, 7) is 0. The van der Waals surface area contributed by atoms with Gasteiger partial charge in [0, 0.05) is 22.9 Å². The molecule has 1 aliphatic carbocycles. The predicted molar refractivity (Wildman–Crippen MR) is 70.2 cm³/mol. The van der Waals surface area contributed by atoms with Crippen LogP contribution < -0.4 is 5.73 Å². The normalized spacial score (nSPS) is 26.4. The highest BCUT2D eigenvalue weighted by molar-refractivity contribution is 9.10. The second kappa shape index (κ2) is 5.78. The molecule has 0 spiro atoms. The molecule has 2 unspecified atom stereocenters. The highest BCUT2D eigenvalue weighted by Gasteiger charge is 2.17. The lowest BCUT2D eigenvalue weighted by atomic mass is 9.92. The zero-order valence-electron chi connectivity index (χ0n) is 9.53. The van der Waals surface area contributed by atoms with Crippen LogP contribution in [-0.2, 0) is 6.42 Å². The Morgan fingerprint density at radius 3 is 2.94 bits per heavy atom. The van der Waals surface area contributed by atoms with Crippen molar-refractivity contribution in [2.45, 2.75) is 44.6 Å². The first-order valence-corrected chi connectivity index (χ1v) is 6.88. The summed E-state index contributed by atoms with van der Waals surface area (Å²) in [5.41, 5.74) is 7.41. The van der Waals surface area contributed by atoms with Gasteiger partial charge in [-0.2, -0.15) is 0 Å². The molecule has 1 saturated carbocycles. The fourth-order valence-electron chi connectivity index (χ4n) is 2.59. The summed E-state index contributed by atoms with van der Waals surface area (Å²) in [5, 5.41) is 0. The summed E-state index contributed by atoms with van der Waals surface area (Å²) in [6.07, 6.45) is 11.3. The molecular weight excluding hydrogens is 264 g/mol. The number of hydrogen-bond acceptors (Lipinski definition) is 2. The van der Waals surface area contributed by atoms with E-state index in [4.69, 9.17) is 5.73 Å². The van der Waals surface area contributed by atoms with Crippen LogP contribution in [0.25, 0.3) is 0 Å². The van der Waals surface area contributed by atoms with Crippen molar-refractivity contribution in [1.29, 1.82) is 0 Å². The smallest absolute Gasteiger partial charge is 0.0410 e. The van der Waals surface area contributed by atoms with Crippen LogP contribution in [0, 0.1) is 5.92 Å². The largest absolute Gasteiger partial charge is 0.328 e. The van der Waals surface area contributed by atoms with E-state index in [0.717, 1.165) is 16.8 Å². The van der Waals surface area contributed by atoms with E-state index >= 15 is 0 Å². The summed E-state index contributed by atoms with van der Waals surface area (Å²) in [4.78, 5) is 4.21. The average molecular weight is 283 g/mol. The maximum Gasteiger partial charge on any atom is 0.0410 e. The number of halogens is 1. The van der Waals surface area contributed by atoms with E-state index in [9.17, 15) is 0 Å². The zero-order valence-corrected chi connectivity index (χ0v) is 11.1. The monoisotopic (exact) mass is 282 g/mol. The summed E-state index contributed by atoms with van der Waals surface area (Å²) < 4.78 is 1.07. The molecule has 2 N–H and O–H groups in total. The van der Waals surface area contributed by atoms with Gasteiger partial charge in [-0.25, -0.2) is 0 Å². The highest BCUT2D eigenvalue weighted by atomic mass is 79.9. The first kappa shape index (κ1) is 12.1. The van der Waals surface area contributed by atoms with Crippen molar-refractivity contribution in [2.24, 2.45) is 11.7 Å². The molecule has 0 bridgehead atoms. The van der Waals surface area contributed by atoms with Gasteiger partial charge in [-0.1, -0.05) is 19.3 Å². The molecule has 0 aliphatic heterocycles. The lowest BCUT2D eigenvalue weighted by Crippen LogP contribution is -2.22. The van der Waals surface area contributed by atoms with Gasteiger partial charge in [0.1, 0.15) is 0 Å². The average Bonchev–Trinajstić information content (AvgIpc) is 2.43. The third kappa shape index (κ3) is 3.56. The number of nitrogens with zero attached hydrogens (tertiary/aromatic N) is 1. The van der Waals surface area contributed by atoms with Crippen LogP contribution in [0.4, 0.5) is 0 Å². The number of rotatable bonds is 2. The zero-order chi connectivity index (χ0) is 11.4. The van der Waals surface area contributed by atoms with Gasteiger partial charge in [-0.15, -0.1) is 0 Å². The highest BCUT2D eigenvalue weighted by Crippen LogP contribution is 2.26. The molecule has 0 saturated heterocycles. The van der Waals surface area contributed by atoms with E-state index in [2.05, 4.69) is 27.0 Å². The van der Waals surface area contributed by atoms with Crippen LogP contribution in [-0.4, -0.2) is 11.0 Å². The van der Waals surface area contributed by atoms with Crippen molar-refractivity contribution in [3.05, 3.63) is 28.5 Å². The van der Waals surface area contributed by atoms with Crippen LogP contribution in [0.5, 0.6) is 0 Å². The molecule has 0 aromatic carbocycles. The van der Waals surface area contributed by atoms with Crippen molar-refractivity contribution in [2.75, 3.05) is 0 Å². The van der Waals surface area contributed by atoms with Crippen molar-refractivity contribution in [1.82, 2.24) is 4.98 Å². The van der Waals surface area contributed by atoms with Gasteiger partial charge in [-0.3, -0.25) is 4.98 Å². The Morgan fingerprint density at radius 2 is 2.12 bits per heavy atom. The van der Waals surface area contributed by atoms with Crippen molar-refractivity contribution in [3.63, 3.8) is 0 Å². The maximum atomic E-state index is 6.08. The molecule has 2 nitrogen and oxygen atoms in total. The van der Waals surface area contributed by atoms with Crippen LogP contribution in [0.1, 0.15) is 37.7 Å². The summed E-state index contributed by atoms with van der Waals surface area (Å²) >= 11 is 3.47. The van der Waals surface area contributed by atoms with E-state index in [1.807, 2.05) is 12.4 Å². The van der Waals surface area contributed by atoms with Crippen LogP contribution >= 0.6 is 15.9 Å². The second-order valence-corrected chi connectivity index (χ2v) is 5.78. The Morgan fingerprint density at radius 1 is 1.31 bits per heavy atom. The Kier molecular flexibility index (Phi) is 4.36. The molecule has 1 aliphatic rings. The number of hydrogen-bond donors (Lipinski definition) is 1. The van der Waals surface area contributed by atoms with E-state index < -0.39 is 0 Å². The molecule has 1 aromatic heterocycles. The van der Waals surface area contributed by atoms with Crippen molar-refractivity contribution < 1.29 is 0 Å². The van der Waals surface area contributed by atoms with E-state index in [1.54, 1.807) is 0 Å². The molecule has 1 heterocycles. The van der Waals surface area contributed by atoms with E-state index in [0.29, 0.717) is 6.04 Å². The standard InChI is InChI=1S/C13H19BrN2/c14-12-6-11(8-16-9-12)5-10-3-1-2-4-13(15)7-10/h6,8-10,13H,1-5,7,15H2. The van der Waals surface area contributed by atoms with Gasteiger partial charge in [0.05, 0.1) is 0 Å². The molecule has 0 amide bonds. The first-order chi connectivity index (χ1) is 7.74. The number of nitrogens with two attached hydrogens (primary N) is 1. The minimum absolute atomic E-state index is 0.410. The quantitative estimate of drug-likeness (QED) is 0.846. The fraction of sp³-hybridized carbons (Fsp3) is 0.615. The van der Waals surface area contributed by atoms with Gasteiger partial charge in [0.25, 0.3) is 0 Å². The lowest BCUT2D eigenvalue weighted by molar-refractivity contribution is 0.430. The minimum atomic E-state index is 0.410. The van der Waals surface area contributed by atoms with Crippen LogP contribution in [0.2, 0.25) is 0 Å². The summed E-state index contributed by atoms with van der Waals surface area (Å²) in [6, 6.07) is 2.58. The minimum Gasteiger partial charge on any atom is -0.328 e. The third-order valence-electron chi connectivity index (χ3n) is 3.36. The SMILES string of the molecule is NC1CCCCC(Cc2cncc(Br)c2)C1. The van der Waals surface area contributed by atoms with Gasteiger partial charge >= 0.3 is 0 Å².